The third kappa shape index (κ3) is 5.39. The minimum atomic E-state index is -0.251. The Morgan fingerprint density at radius 3 is 2.42 bits per heavy atom. The van der Waals surface area contributed by atoms with Crippen molar-refractivity contribution in [3.63, 3.8) is 0 Å². The van der Waals surface area contributed by atoms with Crippen molar-refractivity contribution in [2.24, 2.45) is 0 Å². The molecule has 0 spiro atoms. The number of rotatable bonds is 6. The van der Waals surface area contributed by atoms with Gasteiger partial charge >= 0.3 is 0 Å². The molecule has 0 saturated heterocycles. The second-order valence-electron chi connectivity index (χ2n) is 5.44. The summed E-state index contributed by atoms with van der Waals surface area (Å²) >= 11 is 0. The Kier molecular flexibility index (Phi) is 5.48. The van der Waals surface area contributed by atoms with E-state index in [0.29, 0.717) is 0 Å². The number of hydrogen-bond acceptors (Lipinski definition) is 2. The predicted molar refractivity (Wildman–Crippen MR) is 75.3 cm³/mol. The molecule has 106 valence electrons. The van der Waals surface area contributed by atoms with Gasteiger partial charge < -0.3 is 10.6 Å². The largest absolute Gasteiger partial charge is 0.350 e. The lowest BCUT2D eigenvalue weighted by atomic mass is 10.0. The van der Waals surface area contributed by atoms with Crippen LogP contribution in [-0.4, -0.2) is 18.0 Å². The Hall–Kier alpha value is -1.42. The molecular formula is C15H23FN2O. The van der Waals surface area contributed by atoms with Crippen LogP contribution >= 0.6 is 0 Å². The van der Waals surface area contributed by atoms with Gasteiger partial charge in [-0.15, -0.1) is 0 Å². The maximum absolute atomic E-state index is 12.8. The van der Waals surface area contributed by atoms with Gasteiger partial charge in [-0.1, -0.05) is 19.1 Å². The smallest absolute Gasteiger partial charge is 0.234 e. The van der Waals surface area contributed by atoms with E-state index in [1.165, 1.54) is 12.1 Å². The van der Waals surface area contributed by atoms with Crippen LogP contribution in [0.15, 0.2) is 24.3 Å². The highest BCUT2D eigenvalue weighted by Gasteiger charge is 2.17. The Morgan fingerprint density at radius 2 is 1.89 bits per heavy atom. The fourth-order valence-electron chi connectivity index (χ4n) is 1.63. The minimum absolute atomic E-state index is 0.0103. The summed E-state index contributed by atoms with van der Waals surface area (Å²) in [7, 11) is 0. The third-order valence-corrected chi connectivity index (χ3v) is 3.30. The van der Waals surface area contributed by atoms with Gasteiger partial charge in [-0.25, -0.2) is 4.39 Å². The number of hydrogen-bond donors (Lipinski definition) is 2. The van der Waals surface area contributed by atoms with Crippen molar-refractivity contribution >= 4 is 5.91 Å². The molecule has 3 nitrogen and oxygen atoms in total. The molecular weight excluding hydrogens is 243 g/mol. The summed E-state index contributed by atoms with van der Waals surface area (Å²) in [6, 6.07) is 6.31. The highest BCUT2D eigenvalue weighted by atomic mass is 19.1. The molecule has 0 saturated carbocycles. The molecule has 4 heteroatoms. The Bertz CT molecular complexity index is 415. The summed E-state index contributed by atoms with van der Waals surface area (Å²) in [5.41, 5.74) is 0.779. The van der Waals surface area contributed by atoms with Crippen LogP contribution in [0, 0.1) is 5.82 Å². The molecule has 1 unspecified atom stereocenters. The van der Waals surface area contributed by atoms with Crippen molar-refractivity contribution in [3.8, 4) is 0 Å². The molecule has 1 rings (SSSR count). The molecule has 0 aromatic heterocycles. The number of carbonyl (C=O) groups excluding carboxylic acids is 1. The van der Waals surface area contributed by atoms with Gasteiger partial charge in [0.05, 0.1) is 6.54 Å². The van der Waals surface area contributed by atoms with E-state index in [2.05, 4.69) is 10.6 Å². The van der Waals surface area contributed by atoms with Gasteiger partial charge in [0.2, 0.25) is 5.91 Å². The topological polar surface area (TPSA) is 41.1 Å². The monoisotopic (exact) mass is 266 g/mol. The SMILES string of the molecule is CCC(C)(C)NC(=O)CNC(C)c1ccc(F)cc1. The van der Waals surface area contributed by atoms with Gasteiger partial charge in [-0.2, -0.15) is 0 Å². The zero-order valence-electron chi connectivity index (χ0n) is 12.1. The molecule has 1 aromatic carbocycles. The molecule has 0 heterocycles. The Labute approximate surface area is 114 Å². The van der Waals surface area contributed by atoms with Crippen LogP contribution in [0.5, 0.6) is 0 Å². The number of nitrogens with one attached hydrogen (secondary N) is 2. The third-order valence-electron chi connectivity index (χ3n) is 3.30. The van der Waals surface area contributed by atoms with Crippen molar-refractivity contribution in [2.45, 2.75) is 45.7 Å². The zero-order valence-corrected chi connectivity index (χ0v) is 12.1. The van der Waals surface area contributed by atoms with Gasteiger partial charge in [0.25, 0.3) is 0 Å². The predicted octanol–water partition coefficient (Wildman–Crippen LogP) is 2.78. The van der Waals surface area contributed by atoms with Crippen molar-refractivity contribution in [1.29, 1.82) is 0 Å². The van der Waals surface area contributed by atoms with Crippen molar-refractivity contribution in [2.75, 3.05) is 6.54 Å². The minimum Gasteiger partial charge on any atom is -0.350 e. The summed E-state index contributed by atoms with van der Waals surface area (Å²) < 4.78 is 12.8. The van der Waals surface area contributed by atoms with Gasteiger partial charge in [-0.05, 0) is 44.9 Å². The van der Waals surface area contributed by atoms with Crippen LogP contribution in [0.25, 0.3) is 0 Å². The van der Waals surface area contributed by atoms with Crippen LogP contribution in [0.2, 0.25) is 0 Å². The molecule has 0 radical (unpaired) electrons. The molecule has 0 bridgehead atoms. The normalized spacial score (nSPS) is 13.1. The highest BCUT2D eigenvalue weighted by molar-refractivity contribution is 5.78. The van der Waals surface area contributed by atoms with Gasteiger partial charge in [0, 0.05) is 11.6 Å². The van der Waals surface area contributed by atoms with E-state index < -0.39 is 0 Å². The van der Waals surface area contributed by atoms with Gasteiger partial charge in [-0.3, -0.25) is 4.79 Å². The van der Waals surface area contributed by atoms with Crippen LogP contribution in [-0.2, 0) is 4.79 Å². The van der Waals surface area contributed by atoms with E-state index in [0.717, 1.165) is 12.0 Å². The molecule has 0 fully saturated rings. The van der Waals surface area contributed by atoms with Gasteiger partial charge in [0.15, 0.2) is 0 Å². The van der Waals surface area contributed by atoms with E-state index in [4.69, 9.17) is 0 Å². The van der Waals surface area contributed by atoms with E-state index in [1.807, 2.05) is 27.7 Å². The molecule has 1 atom stereocenters. The second kappa shape index (κ2) is 6.66. The first-order chi connectivity index (χ1) is 8.84. The molecule has 2 N–H and O–H groups in total. The molecule has 1 aromatic rings. The van der Waals surface area contributed by atoms with E-state index in [1.54, 1.807) is 12.1 Å². The number of benzene rings is 1. The first-order valence-corrected chi connectivity index (χ1v) is 6.64. The van der Waals surface area contributed by atoms with Crippen molar-refractivity contribution < 1.29 is 9.18 Å². The van der Waals surface area contributed by atoms with Gasteiger partial charge in [0.1, 0.15) is 5.82 Å². The molecule has 0 aliphatic heterocycles. The summed E-state index contributed by atoms with van der Waals surface area (Å²) in [5.74, 6) is -0.279. The quantitative estimate of drug-likeness (QED) is 0.831. The van der Waals surface area contributed by atoms with Crippen LogP contribution < -0.4 is 10.6 Å². The summed E-state index contributed by atoms with van der Waals surface area (Å²) in [6.07, 6.45) is 0.881. The highest BCUT2D eigenvalue weighted by Crippen LogP contribution is 2.12. The summed E-state index contributed by atoms with van der Waals surface area (Å²) in [6.45, 7) is 8.23. The maximum atomic E-state index is 12.8. The van der Waals surface area contributed by atoms with E-state index in [9.17, 15) is 9.18 Å². The fraction of sp³-hybridized carbons (Fsp3) is 0.533. The van der Waals surface area contributed by atoms with Crippen molar-refractivity contribution in [1.82, 2.24) is 10.6 Å². The second-order valence-corrected chi connectivity index (χ2v) is 5.44. The van der Waals surface area contributed by atoms with Crippen LogP contribution in [0.1, 0.15) is 45.7 Å². The Balaban J connectivity index is 2.44. The average molecular weight is 266 g/mol. The number of amides is 1. The van der Waals surface area contributed by atoms with E-state index in [-0.39, 0.29) is 29.8 Å². The van der Waals surface area contributed by atoms with E-state index >= 15 is 0 Å². The molecule has 1 amide bonds. The van der Waals surface area contributed by atoms with Crippen molar-refractivity contribution in [3.05, 3.63) is 35.6 Å². The summed E-state index contributed by atoms with van der Waals surface area (Å²) in [4.78, 5) is 11.8. The van der Waals surface area contributed by atoms with Crippen LogP contribution in [0.4, 0.5) is 4.39 Å². The lowest BCUT2D eigenvalue weighted by Gasteiger charge is -2.25. The standard InChI is InChI=1S/C15H23FN2O/c1-5-15(3,4)18-14(19)10-17-11(2)12-6-8-13(16)9-7-12/h6-9,11,17H,5,10H2,1-4H3,(H,18,19). The lowest BCUT2D eigenvalue weighted by molar-refractivity contribution is -0.122. The van der Waals surface area contributed by atoms with Crippen LogP contribution in [0.3, 0.4) is 0 Å². The molecule has 19 heavy (non-hydrogen) atoms. The maximum Gasteiger partial charge on any atom is 0.234 e. The zero-order chi connectivity index (χ0) is 14.5. The Morgan fingerprint density at radius 1 is 1.32 bits per heavy atom. The fourth-order valence-corrected chi connectivity index (χ4v) is 1.63. The first kappa shape index (κ1) is 15.6. The lowest BCUT2D eigenvalue weighted by Crippen LogP contribution is -2.46. The average Bonchev–Trinajstić information content (AvgIpc) is 2.36. The summed E-state index contributed by atoms with van der Waals surface area (Å²) in [5, 5.41) is 6.09. The molecule has 0 aliphatic carbocycles. The molecule has 0 aliphatic rings. The number of carbonyl (C=O) groups is 1. The first-order valence-electron chi connectivity index (χ1n) is 6.64. The number of halogens is 1.